The van der Waals surface area contributed by atoms with Crippen LogP contribution in [0.2, 0.25) is 0 Å². The molecule has 0 atom stereocenters. The highest BCUT2D eigenvalue weighted by Crippen LogP contribution is 2.42. The van der Waals surface area contributed by atoms with Gasteiger partial charge in [-0.25, -0.2) is 9.37 Å². The van der Waals surface area contributed by atoms with E-state index >= 15 is 0 Å². The number of likely N-dealkylation sites (tertiary alicyclic amines) is 1. The second-order valence-electron chi connectivity index (χ2n) is 8.76. The largest absolute Gasteiger partial charge is 0.497 e. The fourth-order valence-corrected chi connectivity index (χ4v) is 5.42. The van der Waals surface area contributed by atoms with Crippen LogP contribution in [0.25, 0.3) is 11.3 Å². The summed E-state index contributed by atoms with van der Waals surface area (Å²) in [5, 5.41) is 0. The van der Waals surface area contributed by atoms with Gasteiger partial charge >= 0.3 is 0 Å². The maximum atomic E-state index is 13.9. The van der Waals surface area contributed by atoms with E-state index in [9.17, 15) is 9.18 Å². The van der Waals surface area contributed by atoms with Crippen LogP contribution in [0.15, 0.2) is 54.7 Å². The van der Waals surface area contributed by atoms with E-state index < -0.39 is 0 Å². The lowest BCUT2D eigenvalue weighted by molar-refractivity contribution is -0.00313. The smallest absolute Gasteiger partial charge is 0.253 e. The first-order valence-corrected chi connectivity index (χ1v) is 11.6. The number of methoxy groups -OCH3 is 1. The van der Waals surface area contributed by atoms with E-state index in [1.54, 1.807) is 19.2 Å². The lowest BCUT2D eigenvalue weighted by Gasteiger charge is -2.50. The second kappa shape index (κ2) is 8.63. The van der Waals surface area contributed by atoms with Crippen molar-refractivity contribution in [2.24, 2.45) is 0 Å². The molecule has 2 aliphatic rings. The number of hydrogen-bond acceptors (Lipinski definition) is 4. The maximum absolute atomic E-state index is 13.9. The van der Waals surface area contributed by atoms with E-state index in [0.29, 0.717) is 18.7 Å². The molecular weight excluding hydrogens is 419 g/mol. The van der Waals surface area contributed by atoms with Crippen LogP contribution in [0.4, 0.5) is 4.39 Å². The lowest BCUT2D eigenvalue weighted by atomic mass is 9.83. The molecule has 1 fully saturated rings. The predicted molar refractivity (Wildman–Crippen MR) is 125 cm³/mol. The predicted octanol–water partition coefficient (Wildman–Crippen LogP) is 4.16. The summed E-state index contributed by atoms with van der Waals surface area (Å²) in [6.07, 6.45) is 3.52. The molecule has 3 aromatic rings. The molecule has 0 unspecified atom stereocenters. The number of amides is 1. The van der Waals surface area contributed by atoms with Gasteiger partial charge in [-0.1, -0.05) is 19.1 Å². The molecular formula is C26H29FN4O2. The summed E-state index contributed by atoms with van der Waals surface area (Å²) in [7, 11) is 1.62. The fourth-order valence-electron chi connectivity index (χ4n) is 5.42. The van der Waals surface area contributed by atoms with Crippen molar-refractivity contribution in [3.05, 3.63) is 71.9 Å². The number of piperidine rings is 1. The van der Waals surface area contributed by atoms with Crippen molar-refractivity contribution in [3.63, 3.8) is 0 Å². The van der Waals surface area contributed by atoms with Gasteiger partial charge in [0.15, 0.2) is 0 Å². The molecule has 3 heterocycles. The zero-order chi connectivity index (χ0) is 23.0. The highest BCUT2D eigenvalue weighted by Gasteiger charge is 2.47. The van der Waals surface area contributed by atoms with Crippen molar-refractivity contribution in [1.82, 2.24) is 19.4 Å². The SMILES string of the molecule is CCN1CCn2c(-c3cccc(F)c3)cnc2C12CCN(C(=O)c1ccc(OC)cc1)CC2. The average Bonchev–Trinajstić information content (AvgIpc) is 3.30. The second-order valence-corrected chi connectivity index (χ2v) is 8.76. The maximum Gasteiger partial charge on any atom is 0.253 e. The summed E-state index contributed by atoms with van der Waals surface area (Å²) in [6, 6.07) is 14.0. The molecule has 0 saturated carbocycles. The Bertz CT molecular complexity index is 1150. The molecule has 1 saturated heterocycles. The van der Waals surface area contributed by atoms with Gasteiger partial charge in [0.05, 0.1) is 24.5 Å². The van der Waals surface area contributed by atoms with Crippen LogP contribution in [0.3, 0.4) is 0 Å². The minimum atomic E-state index is -0.242. The van der Waals surface area contributed by atoms with Crippen molar-refractivity contribution >= 4 is 5.91 Å². The molecule has 5 rings (SSSR count). The van der Waals surface area contributed by atoms with E-state index in [-0.39, 0.29) is 17.3 Å². The first-order chi connectivity index (χ1) is 16.1. The van der Waals surface area contributed by atoms with Crippen molar-refractivity contribution in [1.29, 1.82) is 0 Å². The molecule has 0 N–H and O–H groups in total. The molecule has 1 aromatic heterocycles. The van der Waals surface area contributed by atoms with Gasteiger partial charge in [-0.05, 0) is 55.8 Å². The summed E-state index contributed by atoms with van der Waals surface area (Å²) < 4.78 is 21.3. The number of rotatable bonds is 4. The Morgan fingerprint density at radius 2 is 1.85 bits per heavy atom. The number of ether oxygens (including phenoxy) is 1. The van der Waals surface area contributed by atoms with Crippen molar-refractivity contribution in [2.75, 3.05) is 33.3 Å². The van der Waals surface area contributed by atoms with Crippen LogP contribution in [-0.4, -0.2) is 58.5 Å². The molecule has 2 aliphatic heterocycles. The summed E-state index contributed by atoms with van der Waals surface area (Å²) in [5.74, 6) is 1.58. The zero-order valence-electron chi connectivity index (χ0n) is 19.1. The van der Waals surface area contributed by atoms with Gasteiger partial charge in [-0.15, -0.1) is 0 Å². The third-order valence-electron chi connectivity index (χ3n) is 7.19. The molecule has 6 nitrogen and oxygen atoms in total. The molecule has 0 radical (unpaired) electrons. The van der Waals surface area contributed by atoms with Crippen LogP contribution in [0.1, 0.15) is 35.9 Å². The standard InChI is InChI=1S/C26H29FN4O2/c1-3-30-15-16-31-23(20-5-4-6-21(27)17-20)18-28-25(31)26(30)11-13-29(14-12-26)24(32)19-7-9-22(33-2)10-8-19/h4-10,17-18H,3,11-16H2,1-2H3. The van der Waals surface area contributed by atoms with Crippen LogP contribution >= 0.6 is 0 Å². The number of halogens is 1. The van der Waals surface area contributed by atoms with Crippen LogP contribution < -0.4 is 4.74 Å². The molecule has 172 valence electrons. The fraction of sp³-hybridized carbons (Fsp3) is 0.385. The molecule has 0 aliphatic carbocycles. The Balaban J connectivity index is 1.41. The number of likely N-dealkylation sites (N-methyl/N-ethyl adjacent to an activating group) is 1. The first kappa shape index (κ1) is 21.6. The monoisotopic (exact) mass is 448 g/mol. The number of fused-ring (bicyclic) bond motifs is 2. The van der Waals surface area contributed by atoms with Crippen LogP contribution in [-0.2, 0) is 12.1 Å². The molecule has 1 spiro atoms. The van der Waals surface area contributed by atoms with E-state index in [0.717, 1.165) is 55.3 Å². The van der Waals surface area contributed by atoms with Gasteiger partial charge in [0, 0.05) is 37.3 Å². The summed E-state index contributed by atoms with van der Waals surface area (Å²) in [4.78, 5) is 22.4. The Labute approximate surface area is 193 Å². The first-order valence-electron chi connectivity index (χ1n) is 11.6. The van der Waals surface area contributed by atoms with Gasteiger partial charge in [0.2, 0.25) is 0 Å². The van der Waals surface area contributed by atoms with Gasteiger partial charge in [-0.3, -0.25) is 9.69 Å². The zero-order valence-corrected chi connectivity index (χ0v) is 19.1. The van der Waals surface area contributed by atoms with Crippen LogP contribution in [0, 0.1) is 5.82 Å². The number of benzene rings is 2. The van der Waals surface area contributed by atoms with E-state index in [1.165, 1.54) is 6.07 Å². The molecule has 7 heteroatoms. The average molecular weight is 449 g/mol. The third-order valence-corrected chi connectivity index (χ3v) is 7.19. The van der Waals surface area contributed by atoms with Gasteiger partial charge in [-0.2, -0.15) is 0 Å². The number of nitrogens with zero attached hydrogens (tertiary/aromatic N) is 4. The number of imidazole rings is 1. The summed E-state index contributed by atoms with van der Waals surface area (Å²) in [6.45, 7) is 6.18. The minimum absolute atomic E-state index is 0.0511. The Hall–Kier alpha value is -3.19. The van der Waals surface area contributed by atoms with E-state index in [1.807, 2.05) is 41.4 Å². The third kappa shape index (κ3) is 3.70. The molecule has 0 bridgehead atoms. The summed E-state index contributed by atoms with van der Waals surface area (Å²) in [5.41, 5.74) is 2.27. The number of carbonyl (C=O) groups excluding carboxylic acids is 1. The highest BCUT2D eigenvalue weighted by molar-refractivity contribution is 5.94. The normalized spacial score (nSPS) is 17.7. The number of carbonyl (C=O) groups is 1. The van der Waals surface area contributed by atoms with E-state index in [4.69, 9.17) is 9.72 Å². The number of hydrogen-bond donors (Lipinski definition) is 0. The van der Waals surface area contributed by atoms with Crippen molar-refractivity contribution < 1.29 is 13.9 Å². The summed E-state index contributed by atoms with van der Waals surface area (Å²) >= 11 is 0. The quantitative estimate of drug-likeness (QED) is 0.601. The topological polar surface area (TPSA) is 50.6 Å². The molecule has 1 amide bonds. The Morgan fingerprint density at radius 3 is 2.52 bits per heavy atom. The van der Waals surface area contributed by atoms with Crippen molar-refractivity contribution in [3.8, 4) is 17.0 Å². The van der Waals surface area contributed by atoms with Gasteiger partial charge < -0.3 is 14.2 Å². The van der Waals surface area contributed by atoms with Crippen molar-refractivity contribution in [2.45, 2.75) is 31.8 Å². The van der Waals surface area contributed by atoms with Gasteiger partial charge in [0.25, 0.3) is 5.91 Å². The Morgan fingerprint density at radius 1 is 1.09 bits per heavy atom. The van der Waals surface area contributed by atoms with E-state index in [2.05, 4.69) is 16.4 Å². The number of aromatic nitrogens is 2. The van der Waals surface area contributed by atoms with Crippen LogP contribution in [0.5, 0.6) is 5.75 Å². The highest BCUT2D eigenvalue weighted by atomic mass is 19.1. The molecule has 33 heavy (non-hydrogen) atoms. The lowest BCUT2D eigenvalue weighted by Crippen LogP contribution is -2.58. The Kier molecular flexibility index (Phi) is 5.66. The van der Waals surface area contributed by atoms with Gasteiger partial charge in [0.1, 0.15) is 17.4 Å². The molecule has 2 aromatic carbocycles. The minimum Gasteiger partial charge on any atom is -0.497 e.